The van der Waals surface area contributed by atoms with E-state index in [1.54, 1.807) is 29.3 Å². The van der Waals surface area contributed by atoms with Gasteiger partial charge in [0, 0.05) is 24.1 Å². The lowest BCUT2D eigenvalue weighted by atomic mass is 9.85. The van der Waals surface area contributed by atoms with Crippen LogP contribution < -0.4 is 16.2 Å². The van der Waals surface area contributed by atoms with Crippen molar-refractivity contribution >= 4 is 17.2 Å². The quantitative estimate of drug-likeness (QED) is 0.360. The number of benzene rings is 1. The largest absolute Gasteiger partial charge is 0.380 e. The molecule has 4 rings (SSSR count). The zero-order chi connectivity index (χ0) is 21.6. The van der Waals surface area contributed by atoms with Crippen molar-refractivity contribution in [1.29, 1.82) is 10.7 Å². The van der Waals surface area contributed by atoms with Crippen LogP contribution in [0.3, 0.4) is 0 Å². The van der Waals surface area contributed by atoms with Crippen LogP contribution in [-0.2, 0) is 6.54 Å². The molecule has 31 heavy (non-hydrogen) atoms. The molecule has 2 atom stereocenters. The highest BCUT2D eigenvalue weighted by Gasteiger charge is 2.26. The highest BCUT2D eigenvalue weighted by Crippen LogP contribution is 2.27. The fourth-order valence-corrected chi connectivity index (χ4v) is 3.96. The molecule has 0 bridgehead atoms. The van der Waals surface area contributed by atoms with Crippen LogP contribution in [0, 0.1) is 22.7 Å². The Balaban J connectivity index is 1.54. The molecule has 2 heterocycles. The lowest BCUT2D eigenvalue weighted by Gasteiger charge is -2.29. The van der Waals surface area contributed by atoms with Crippen molar-refractivity contribution < 1.29 is 0 Å². The van der Waals surface area contributed by atoms with Gasteiger partial charge in [-0.05, 0) is 36.6 Å². The van der Waals surface area contributed by atoms with Crippen LogP contribution in [0.1, 0.15) is 36.8 Å². The van der Waals surface area contributed by atoms with Crippen molar-refractivity contribution in [3.8, 4) is 6.07 Å². The summed E-state index contributed by atoms with van der Waals surface area (Å²) in [4.78, 5) is 15.2. The first-order valence-electron chi connectivity index (χ1n) is 10.3. The molecule has 0 unspecified atom stereocenters. The van der Waals surface area contributed by atoms with Gasteiger partial charge in [0.05, 0.1) is 30.4 Å². The molecule has 1 aliphatic rings. The molecule has 0 aliphatic heterocycles. The molecule has 9 heteroatoms. The summed E-state index contributed by atoms with van der Waals surface area (Å²) in [5.74, 6) is -0.108. The SMILES string of the molecule is N#C[C@H]1CCCC[C@@H]1Nc1cc[nH]c(=O)c1C(=N)Nc1cccc(Cn2ccnn2)c1. The number of nitrogens with zero attached hydrogens (tertiary/aromatic N) is 4. The minimum Gasteiger partial charge on any atom is -0.380 e. The third-order valence-corrected chi connectivity index (χ3v) is 5.50. The van der Waals surface area contributed by atoms with Gasteiger partial charge in [-0.1, -0.05) is 30.2 Å². The maximum absolute atomic E-state index is 12.6. The van der Waals surface area contributed by atoms with Crippen LogP contribution in [0.25, 0.3) is 0 Å². The Morgan fingerprint density at radius 1 is 1.32 bits per heavy atom. The topological polar surface area (TPSA) is 135 Å². The van der Waals surface area contributed by atoms with Crippen molar-refractivity contribution in [3.63, 3.8) is 0 Å². The molecule has 0 saturated heterocycles. The zero-order valence-electron chi connectivity index (χ0n) is 17.0. The Hall–Kier alpha value is -3.93. The van der Waals surface area contributed by atoms with E-state index in [1.165, 1.54) is 0 Å². The third-order valence-electron chi connectivity index (χ3n) is 5.50. The molecule has 9 nitrogen and oxygen atoms in total. The van der Waals surface area contributed by atoms with Gasteiger partial charge in [-0.15, -0.1) is 5.10 Å². The van der Waals surface area contributed by atoms with Gasteiger partial charge in [0.15, 0.2) is 0 Å². The minimum absolute atomic E-state index is 0.00780. The van der Waals surface area contributed by atoms with E-state index in [0.29, 0.717) is 17.9 Å². The van der Waals surface area contributed by atoms with Crippen LogP contribution in [0.4, 0.5) is 11.4 Å². The Labute approximate surface area is 179 Å². The maximum atomic E-state index is 12.6. The summed E-state index contributed by atoms with van der Waals surface area (Å²) in [7, 11) is 0. The van der Waals surface area contributed by atoms with E-state index in [-0.39, 0.29) is 28.9 Å². The van der Waals surface area contributed by atoms with Gasteiger partial charge in [0.2, 0.25) is 0 Å². The molecule has 3 aromatic rings. The highest BCUT2D eigenvalue weighted by molar-refractivity contribution is 6.09. The number of hydrogen-bond acceptors (Lipinski definition) is 6. The van der Waals surface area contributed by atoms with E-state index in [1.807, 2.05) is 24.3 Å². The second kappa shape index (κ2) is 9.26. The van der Waals surface area contributed by atoms with Gasteiger partial charge in [-0.2, -0.15) is 5.26 Å². The van der Waals surface area contributed by atoms with Gasteiger partial charge in [-0.3, -0.25) is 10.2 Å². The molecule has 2 aromatic heterocycles. The van der Waals surface area contributed by atoms with E-state index in [9.17, 15) is 10.1 Å². The standard InChI is InChI=1S/C22H24N8O/c23-13-16-5-1-2-7-18(16)28-19-8-9-25-22(31)20(19)21(24)27-17-6-3-4-15(12-17)14-30-11-10-26-29-30/h3-4,6,8-12,16,18H,1-2,5,7,14H2,(H2,24,27)(H2,25,28,31)/t16-,18+/m1/s1. The average molecular weight is 416 g/mol. The van der Waals surface area contributed by atoms with Gasteiger partial charge in [-0.25, -0.2) is 4.68 Å². The van der Waals surface area contributed by atoms with Crippen molar-refractivity contribution in [2.24, 2.45) is 5.92 Å². The number of anilines is 2. The zero-order valence-corrected chi connectivity index (χ0v) is 17.0. The molecule has 0 spiro atoms. The summed E-state index contributed by atoms with van der Waals surface area (Å²) < 4.78 is 1.71. The Bertz CT molecular complexity index is 1140. The van der Waals surface area contributed by atoms with E-state index in [4.69, 9.17) is 5.41 Å². The number of aromatic amines is 1. The van der Waals surface area contributed by atoms with Crippen molar-refractivity contribution in [2.45, 2.75) is 38.3 Å². The van der Waals surface area contributed by atoms with Crippen LogP contribution in [0.5, 0.6) is 0 Å². The summed E-state index contributed by atoms with van der Waals surface area (Å²) in [6, 6.07) is 11.7. The fourth-order valence-electron chi connectivity index (χ4n) is 3.96. The minimum atomic E-state index is -0.356. The predicted molar refractivity (Wildman–Crippen MR) is 118 cm³/mol. The first-order valence-corrected chi connectivity index (χ1v) is 10.3. The molecule has 1 aromatic carbocycles. The maximum Gasteiger partial charge on any atom is 0.261 e. The number of nitriles is 1. The molecule has 0 amide bonds. The Kier molecular flexibility index (Phi) is 6.08. The van der Waals surface area contributed by atoms with Crippen LogP contribution in [0.15, 0.2) is 53.7 Å². The van der Waals surface area contributed by atoms with E-state index >= 15 is 0 Å². The van der Waals surface area contributed by atoms with Crippen LogP contribution >= 0.6 is 0 Å². The van der Waals surface area contributed by atoms with Crippen molar-refractivity contribution in [3.05, 3.63) is 70.4 Å². The molecule has 0 radical (unpaired) electrons. The van der Waals surface area contributed by atoms with Gasteiger partial charge < -0.3 is 15.6 Å². The van der Waals surface area contributed by atoms with Gasteiger partial charge >= 0.3 is 0 Å². The molecule has 4 N–H and O–H groups in total. The first-order chi connectivity index (χ1) is 15.1. The lowest BCUT2D eigenvalue weighted by Crippen LogP contribution is -2.34. The molecular weight excluding hydrogens is 392 g/mol. The number of H-pyrrole nitrogens is 1. The number of hydrogen-bond donors (Lipinski definition) is 4. The van der Waals surface area contributed by atoms with Crippen LogP contribution in [-0.4, -0.2) is 31.9 Å². The molecule has 1 fully saturated rings. The molecule has 1 saturated carbocycles. The summed E-state index contributed by atoms with van der Waals surface area (Å²) in [6.07, 6.45) is 8.77. The molecular formula is C22H24N8O. The smallest absolute Gasteiger partial charge is 0.261 e. The van der Waals surface area contributed by atoms with Crippen molar-refractivity contribution in [2.75, 3.05) is 10.6 Å². The van der Waals surface area contributed by atoms with Gasteiger partial charge in [0.25, 0.3) is 5.56 Å². The second-order valence-corrected chi connectivity index (χ2v) is 7.67. The van der Waals surface area contributed by atoms with E-state index in [0.717, 1.165) is 31.2 Å². The second-order valence-electron chi connectivity index (χ2n) is 7.67. The normalized spacial score (nSPS) is 18.2. The average Bonchev–Trinajstić information content (AvgIpc) is 3.27. The number of pyridine rings is 1. The summed E-state index contributed by atoms with van der Waals surface area (Å²) in [5.41, 5.74) is 2.12. The van der Waals surface area contributed by atoms with Gasteiger partial charge in [0.1, 0.15) is 11.4 Å². The number of amidine groups is 1. The van der Waals surface area contributed by atoms with E-state index in [2.05, 4.69) is 32.0 Å². The van der Waals surface area contributed by atoms with Crippen LogP contribution in [0.2, 0.25) is 0 Å². The summed E-state index contributed by atoms with van der Waals surface area (Å²) >= 11 is 0. The summed E-state index contributed by atoms with van der Waals surface area (Å²) in [5, 5.41) is 32.2. The Morgan fingerprint density at radius 2 is 2.19 bits per heavy atom. The summed E-state index contributed by atoms with van der Waals surface area (Å²) in [6.45, 7) is 0.554. The number of aromatic nitrogens is 4. The monoisotopic (exact) mass is 416 g/mol. The van der Waals surface area contributed by atoms with Crippen molar-refractivity contribution in [1.82, 2.24) is 20.0 Å². The predicted octanol–water partition coefficient (Wildman–Crippen LogP) is 2.95. The van der Waals surface area contributed by atoms with E-state index < -0.39 is 0 Å². The molecule has 158 valence electrons. The Morgan fingerprint density at radius 3 is 3.00 bits per heavy atom. The highest BCUT2D eigenvalue weighted by atomic mass is 16.1. The fraction of sp³-hybridized carbons (Fsp3) is 0.318. The molecule has 1 aliphatic carbocycles. The number of rotatable bonds is 6. The number of nitrogens with one attached hydrogen (secondary N) is 4. The lowest BCUT2D eigenvalue weighted by molar-refractivity contribution is 0.388. The first kappa shape index (κ1) is 20.3. The third kappa shape index (κ3) is 4.80.